The molecule has 2 heterocycles. The molecule has 0 saturated heterocycles. The van der Waals surface area contributed by atoms with Gasteiger partial charge in [0.05, 0.1) is 12.4 Å². The molecule has 0 radical (unpaired) electrons. The number of aromatic nitrogens is 5. The molecule has 0 amide bonds. The van der Waals surface area contributed by atoms with Crippen LogP contribution in [0.3, 0.4) is 0 Å². The van der Waals surface area contributed by atoms with Gasteiger partial charge in [-0.2, -0.15) is 0 Å². The van der Waals surface area contributed by atoms with Crippen LogP contribution in [0.2, 0.25) is 0 Å². The lowest BCUT2D eigenvalue weighted by Gasteiger charge is -2.04. The van der Waals surface area contributed by atoms with E-state index in [1.54, 1.807) is 12.2 Å². The molecular weight excluding hydrogens is 334 g/mol. The van der Waals surface area contributed by atoms with E-state index in [0.29, 0.717) is 5.82 Å². The van der Waals surface area contributed by atoms with Crippen molar-refractivity contribution in [3.05, 3.63) is 65.5 Å². The minimum atomic E-state index is -0.729. The highest BCUT2D eigenvalue weighted by Crippen LogP contribution is 2.23. The van der Waals surface area contributed by atoms with Crippen LogP contribution in [0.15, 0.2) is 37.2 Å². The summed E-state index contributed by atoms with van der Waals surface area (Å²) in [5.74, 6) is -0.0725. The summed E-state index contributed by atoms with van der Waals surface area (Å²) in [5.41, 5.74) is 2.42. The number of phenols is 1. The van der Waals surface area contributed by atoms with Crippen molar-refractivity contribution < 1.29 is 14.6 Å². The van der Waals surface area contributed by atoms with Crippen molar-refractivity contribution in [1.29, 1.82) is 0 Å². The molecule has 0 unspecified atom stereocenters. The number of rotatable bonds is 4. The van der Waals surface area contributed by atoms with Gasteiger partial charge in [-0.25, -0.2) is 29.7 Å². The number of esters is 1. The molecular formula is C18H15N5O3. The van der Waals surface area contributed by atoms with Crippen LogP contribution in [0.4, 0.5) is 0 Å². The standard InChI is InChI=1S/C18H15N5O3/c1-11-5-13(6-12(2)16(11)24)3-4-15-21-10-22-17(23-15)18(25)26-14-7-19-9-20-8-14/h3-10,24H,1-2H3/b4-3+. The highest BCUT2D eigenvalue weighted by Gasteiger charge is 2.13. The molecule has 0 atom stereocenters. The topological polar surface area (TPSA) is 111 Å². The third kappa shape index (κ3) is 4.04. The molecule has 3 rings (SSSR count). The molecule has 2 aromatic heterocycles. The Morgan fingerprint density at radius 1 is 1.04 bits per heavy atom. The number of carbonyl (C=O) groups is 1. The van der Waals surface area contributed by atoms with E-state index in [0.717, 1.165) is 16.7 Å². The van der Waals surface area contributed by atoms with Crippen molar-refractivity contribution in [1.82, 2.24) is 24.9 Å². The Morgan fingerprint density at radius 2 is 1.73 bits per heavy atom. The summed E-state index contributed by atoms with van der Waals surface area (Å²) >= 11 is 0. The summed E-state index contributed by atoms with van der Waals surface area (Å²) in [5, 5.41) is 9.82. The van der Waals surface area contributed by atoms with Crippen molar-refractivity contribution in [2.45, 2.75) is 13.8 Å². The Hall–Kier alpha value is -3.68. The van der Waals surface area contributed by atoms with Crippen LogP contribution >= 0.6 is 0 Å². The molecule has 1 aromatic carbocycles. The Morgan fingerprint density at radius 3 is 2.42 bits per heavy atom. The Bertz CT molecular complexity index is 951. The number of aryl methyl sites for hydroxylation is 2. The molecule has 8 nitrogen and oxygen atoms in total. The van der Waals surface area contributed by atoms with Gasteiger partial charge >= 0.3 is 5.97 Å². The molecule has 0 aliphatic heterocycles. The van der Waals surface area contributed by atoms with Crippen molar-refractivity contribution in [3.63, 3.8) is 0 Å². The van der Waals surface area contributed by atoms with Gasteiger partial charge in [-0.3, -0.25) is 0 Å². The zero-order valence-electron chi connectivity index (χ0n) is 14.1. The maximum absolute atomic E-state index is 12.1. The smallest absolute Gasteiger partial charge is 0.382 e. The second-order valence-corrected chi connectivity index (χ2v) is 5.47. The fraction of sp³-hybridized carbons (Fsp3) is 0.111. The molecule has 0 spiro atoms. The first-order valence-corrected chi connectivity index (χ1v) is 7.67. The summed E-state index contributed by atoms with van der Waals surface area (Å²) in [6, 6.07) is 3.68. The Kier molecular flexibility index (Phi) is 4.93. The predicted octanol–water partition coefficient (Wildman–Crippen LogP) is 2.37. The minimum Gasteiger partial charge on any atom is -0.507 e. The number of benzene rings is 1. The molecule has 3 aromatic rings. The zero-order valence-corrected chi connectivity index (χ0v) is 14.1. The fourth-order valence-corrected chi connectivity index (χ4v) is 2.23. The first-order chi connectivity index (χ1) is 12.5. The normalized spacial score (nSPS) is 10.8. The summed E-state index contributed by atoms with van der Waals surface area (Å²) < 4.78 is 5.09. The lowest BCUT2D eigenvalue weighted by Crippen LogP contribution is -2.14. The van der Waals surface area contributed by atoms with Crippen LogP contribution in [0.25, 0.3) is 12.2 Å². The van der Waals surface area contributed by atoms with E-state index in [-0.39, 0.29) is 17.3 Å². The average Bonchev–Trinajstić information content (AvgIpc) is 2.65. The summed E-state index contributed by atoms with van der Waals surface area (Å²) in [6.07, 6.45) is 8.73. The maximum Gasteiger partial charge on any atom is 0.382 e. The Balaban J connectivity index is 1.78. The number of phenolic OH excluding ortho intramolecular Hbond substituents is 1. The van der Waals surface area contributed by atoms with E-state index in [4.69, 9.17) is 4.74 Å². The molecule has 26 heavy (non-hydrogen) atoms. The summed E-state index contributed by atoms with van der Waals surface area (Å²) in [4.78, 5) is 31.5. The first-order valence-electron chi connectivity index (χ1n) is 7.67. The van der Waals surface area contributed by atoms with Crippen LogP contribution in [0.5, 0.6) is 11.5 Å². The lowest BCUT2D eigenvalue weighted by molar-refractivity contribution is 0.0720. The van der Waals surface area contributed by atoms with Crippen molar-refractivity contribution in [2.75, 3.05) is 0 Å². The average molecular weight is 349 g/mol. The molecule has 0 aliphatic carbocycles. The second kappa shape index (κ2) is 7.47. The van der Waals surface area contributed by atoms with Gasteiger partial charge in [0.1, 0.15) is 18.4 Å². The van der Waals surface area contributed by atoms with Crippen molar-refractivity contribution in [2.24, 2.45) is 0 Å². The van der Waals surface area contributed by atoms with Gasteiger partial charge in [0.2, 0.25) is 5.82 Å². The fourth-order valence-electron chi connectivity index (χ4n) is 2.23. The van der Waals surface area contributed by atoms with E-state index in [1.165, 1.54) is 25.0 Å². The van der Waals surface area contributed by atoms with Gasteiger partial charge in [0, 0.05) is 0 Å². The number of hydrogen-bond donors (Lipinski definition) is 1. The third-order valence-corrected chi connectivity index (χ3v) is 3.46. The maximum atomic E-state index is 12.1. The molecule has 0 aliphatic rings. The number of ether oxygens (including phenoxy) is 1. The van der Waals surface area contributed by atoms with Crippen LogP contribution in [-0.4, -0.2) is 36.0 Å². The number of aromatic hydroxyl groups is 1. The molecule has 8 heteroatoms. The minimum absolute atomic E-state index is 0.124. The molecule has 1 N–H and O–H groups in total. The summed E-state index contributed by atoms with van der Waals surface area (Å²) in [6.45, 7) is 3.65. The lowest BCUT2D eigenvalue weighted by atomic mass is 10.1. The van der Waals surface area contributed by atoms with E-state index in [1.807, 2.05) is 26.0 Å². The van der Waals surface area contributed by atoms with E-state index >= 15 is 0 Å². The van der Waals surface area contributed by atoms with Crippen LogP contribution in [0.1, 0.15) is 33.1 Å². The predicted molar refractivity (Wildman–Crippen MR) is 93.3 cm³/mol. The van der Waals surface area contributed by atoms with Crippen molar-refractivity contribution >= 4 is 18.1 Å². The molecule has 0 fully saturated rings. The van der Waals surface area contributed by atoms with Gasteiger partial charge in [0.15, 0.2) is 11.6 Å². The van der Waals surface area contributed by atoms with Gasteiger partial charge in [0.25, 0.3) is 0 Å². The molecule has 0 bridgehead atoms. The van der Waals surface area contributed by atoms with Gasteiger partial charge in [-0.15, -0.1) is 0 Å². The van der Waals surface area contributed by atoms with E-state index in [2.05, 4.69) is 24.9 Å². The zero-order chi connectivity index (χ0) is 18.5. The monoisotopic (exact) mass is 349 g/mol. The van der Waals surface area contributed by atoms with E-state index in [9.17, 15) is 9.90 Å². The Labute approximate surface area is 149 Å². The number of nitrogens with zero attached hydrogens (tertiary/aromatic N) is 5. The molecule has 130 valence electrons. The first kappa shape index (κ1) is 17.2. The van der Waals surface area contributed by atoms with E-state index < -0.39 is 5.97 Å². The highest BCUT2D eigenvalue weighted by atomic mass is 16.5. The van der Waals surface area contributed by atoms with Gasteiger partial charge < -0.3 is 9.84 Å². The number of hydrogen-bond acceptors (Lipinski definition) is 8. The SMILES string of the molecule is Cc1cc(/C=C/c2ncnc(C(=O)Oc3cncnc3)n2)cc(C)c1O. The van der Waals surface area contributed by atoms with Gasteiger partial charge in [-0.1, -0.05) is 6.08 Å². The van der Waals surface area contributed by atoms with Crippen LogP contribution < -0.4 is 4.74 Å². The number of carbonyl (C=O) groups excluding carboxylic acids is 1. The van der Waals surface area contributed by atoms with Crippen LogP contribution in [0, 0.1) is 13.8 Å². The van der Waals surface area contributed by atoms with Crippen molar-refractivity contribution in [3.8, 4) is 11.5 Å². The van der Waals surface area contributed by atoms with Gasteiger partial charge in [-0.05, 0) is 48.7 Å². The highest BCUT2D eigenvalue weighted by molar-refractivity contribution is 5.87. The quantitative estimate of drug-likeness (QED) is 0.715. The summed E-state index contributed by atoms with van der Waals surface area (Å²) in [7, 11) is 0. The molecule has 0 saturated carbocycles. The largest absolute Gasteiger partial charge is 0.507 e. The van der Waals surface area contributed by atoms with Crippen LogP contribution in [-0.2, 0) is 0 Å². The third-order valence-electron chi connectivity index (χ3n) is 3.46. The second-order valence-electron chi connectivity index (χ2n) is 5.47.